The van der Waals surface area contributed by atoms with Crippen LogP contribution < -0.4 is 0 Å². The molecule has 0 N–H and O–H groups in total. The zero-order valence-electron chi connectivity index (χ0n) is 14.4. The van der Waals surface area contributed by atoms with Gasteiger partial charge in [0, 0.05) is 5.56 Å². The monoisotopic (exact) mass is 423 g/mol. The first-order chi connectivity index (χ1) is 13.0. The fourth-order valence-electron chi connectivity index (χ4n) is 3.22. The third-order valence-electron chi connectivity index (χ3n) is 4.51. The summed E-state index contributed by atoms with van der Waals surface area (Å²) in [6.07, 6.45) is 1.16. The molecule has 1 saturated heterocycles. The molecule has 3 aromatic rings. The van der Waals surface area contributed by atoms with E-state index < -0.39 is 5.60 Å². The first-order valence-corrected chi connectivity index (χ1v) is 10.2. The Morgan fingerprint density at radius 1 is 1.26 bits per heavy atom. The van der Waals surface area contributed by atoms with Gasteiger partial charge < -0.3 is 4.74 Å². The van der Waals surface area contributed by atoms with E-state index >= 15 is 0 Å². The van der Waals surface area contributed by atoms with Crippen LogP contribution in [0.25, 0.3) is 0 Å². The maximum Gasteiger partial charge on any atom is 0.186 e. The molecule has 8 heteroatoms. The summed E-state index contributed by atoms with van der Waals surface area (Å²) in [5, 5.41) is 6.03. The minimum Gasteiger partial charge on any atom is -0.354 e. The predicted molar refractivity (Wildman–Crippen MR) is 105 cm³/mol. The van der Waals surface area contributed by atoms with Crippen LogP contribution in [0.5, 0.6) is 0 Å². The maximum atomic E-state index is 13.9. The van der Waals surface area contributed by atoms with Gasteiger partial charge in [-0.1, -0.05) is 66.2 Å². The Morgan fingerprint density at radius 3 is 2.85 bits per heavy atom. The quantitative estimate of drug-likeness (QED) is 0.387. The molecule has 0 bridgehead atoms. The zero-order chi connectivity index (χ0) is 19.0. The molecular weight excluding hydrogens is 408 g/mol. The molecule has 0 radical (unpaired) electrons. The number of halogens is 3. The summed E-state index contributed by atoms with van der Waals surface area (Å²) in [6, 6.07) is 11.9. The van der Waals surface area contributed by atoms with Crippen LogP contribution in [0.2, 0.25) is 10.0 Å². The number of epoxide rings is 1. The number of thioether (sulfide) groups is 1. The molecule has 1 fully saturated rings. The minimum atomic E-state index is -0.785. The molecule has 0 saturated carbocycles. The van der Waals surface area contributed by atoms with E-state index in [9.17, 15) is 4.39 Å². The van der Waals surface area contributed by atoms with Crippen molar-refractivity contribution in [1.29, 1.82) is 0 Å². The van der Waals surface area contributed by atoms with E-state index in [1.54, 1.807) is 28.6 Å². The maximum absolute atomic E-state index is 13.9. The van der Waals surface area contributed by atoms with Crippen molar-refractivity contribution < 1.29 is 9.13 Å². The van der Waals surface area contributed by atoms with Crippen molar-refractivity contribution >= 4 is 35.0 Å². The summed E-state index contributed by atoms with van der Waals surface area (Å²) in [6.45, 7) is 2.44. The van der Waals surface area contributed by atoms with Crippen LogP contribution in [-0.4, -0.2) is 20.5 Å². The number of hydrogen-bond donors (Lipinski definition) is 0. The van der Waals surface area contributed by atoms with Gasteiger partial charge in [0.2, 0.25) is 0 Å². The van der Waals surface area contributed by atoms with E-state index in [4.69, 9.17) is 27.9 Å². The van der Waals surface area contributed by atoms with E-state index in [1.165, 1.54) is 18.5 Å². The van der Waals surface area contributed by atoms with E-state index in [1.807, 2.05) is 25.1 Å². The molecule has 1 aromatic heterocycles. The van der Waals surface area contributed by atoms with Crippen molar-refractivity contribution in [1.82, 2.24) is 14.8 Å². The lowest BCUT2D eigenvalue weighted by Gasteiger charge is -2.16. The molecule has 0 spiro atoms. The summed E-state index contributed by atoms with van der Waals surface area (Å²) in [5.41, 5.74) is 0.720. The molecule has 1 aliphatic rings. The van der Waals surface area contributed by atoms with Crippen LogP contribution in [0, 0.1) is 5.82 Å². The van der Waals surface area contributed by atoms with E-state index in [2.05, 4.69) is 10.1 Å². The van der Waals surface area contributed by atoms with Gasteiger partial charge in [-0.05, 0) is 29.5 Å². The van der Waals surface area contributed by atoms with E-state index in [-0.39, 0.29) is 11.9 Å². The van der Waals surface area contributed by atoms with Crippen molar-refractivity contribution in [2.24, 2.45) is 0 Å². The molecule has 4 nitrogen and oxygen atoms in total. The van der Waals surface area contributed by atoms with Gasteiger partial charge in [0.05, 0.1) is 16.6 Å². The van der Waals surface area contributed by atoms with Crippen LogP contribution in [-0.2, 0) is 16.9 Å². The Balaban J connectivity index is 1.76. The normalized spacial score (nSPS) is 21.4. The van der Waals surface area contributed by atoms with Crippen molar-refractivity contribution in [3.05, 3.63) is 75.8 Å². The number of aromatic nitrogens is 3. The fraction of sp³-hybridized carbons (Fsp3) is 0.263. The van der Waals surface area contributed by atoms with Crippen LogP contribution in [0.4, 0.5) is 4.39 Å². The smallest absolute Gasteiger partial charge is 0.186 e. The van der Waals surface area contributed by atoms with E-state index in [0.717, 1.165) is 22.0 Å². The lowest BCUT2D eigenvalue weighted by atomic mass is 9.91. The van der Waals surface area contributed by atoms with Gasteiger partial charge in [-0.3, -0.25) is 0 Å². The summed E-state index contributed by atoms with van der Waals surface area (Å²) in [4.78, 5) is 4.30. The highest BCUT2D eigenvalue weighted by atomic mass is 35.5. The molecule has 140 valence electrons. The van der Waals surface area contributed by atoms with Crippen LogP contribution in [0.3, 0.4) is 0 Å². The van der Waals surface area contributed by atoms with Gasteiger partial charge in [-0.15, -0.1) is 0 Å². The van der Waals surface area contributed by atoms with Crippen molar-refractivity contribution in [2.45, 2.75) is 30.3 Å². The Labute approximate surface area is 170 Å². The summed E-state index contributed by atoms with van der Waals surface area (Å²) in [7, 11) is 0. The lowest BCUT2D eigenvalue weighted by Crippen LogP contribution is -2.21. The highest BCUT2D eigenvalue weighted by Crippen LogP contribution is 2.59. The van der Waals surface area contributed by atoms with Crippen LogP contribution >= 0.6 is 35.0 Å². The molecule has 2 aromatic carbocycles. The van der Waals surface area contributed by atoms with Crippen molar-refractivity contribution in [3.8, 4) is 0 Å². The van der Waals surface area contributed by atoms with Gasteiger partial charge in [0.15, 0.2) is 5.16 Å². The second-order valence-electron chi connectivity index (χ2n) is 6.17. The molecule has 1 aliphatic heterocycles. The van der Waals surface area contributed by atoms with Crippen LogP contribution in [0.1, 0.15) is 24.2 Å². The number of ether oxygens (including phenoxy) is 1. The summed E-state index contributed by atoms with van der Waals surface area (Å²) >= 11 is 14.2. The molecule has 2 atom stereocenters. The van der Waals surface area contributed by atoms with Gasteiger partial charge in [0.25, 0.3) is 0 Å². The Kier molecular flexibility index (Phi) is 5.16. The number of benzene rings is 2. The van der Waals surface area contributed by atoms with Gasteiger partial charge in [-0.25, -0.2) is 14.1 Å². The molecule has 0 amide bonds. The third kappa shape index (κ3) is 3.47. The first-order valence-electron chi connectivity index (χ1n) is 8.43. The minimum absolute atomic E-state index is 0.319. The second kappa shape index (κ2) is 7.43. The molecular formula is C19H16Cl2FN3OS. The topological polar surface area (TPSA) is 43.2 Å². The molecule has 4 rings (SSSR count). The van der Waals surface area contributed by atoms with Crippen molar-refractivity contribution in [3.63, 3.8) is 0 Å². The third-order valence-corrected chi connectivity index (χ3v) is 6.21. The number of rotatable bonds is 6. The summed E-state index contributed by atoms with van der Waals surface area (Å²) < 4.78 is 21.9. The first kappa shape index (κ1) is 18.7. The number of nitrogens with zero attached hydrogens (tertiary/aromatic N) is 3. The van der Waals surface area contributed by atoms with Crippen LogP contribution in [0.15, 0.2) is 53.9 Å². The number of hydrogen-bond acceptors (Lipinski definition) is 4. The molecule has 0 aliphatic carbocycles. The SMILES string of the molecule is CCSc1ncnn1CC1(c2cccc(F)c2)OC1c1cccc(Cl)c1Cl. The molecule has 2 unspecified atom stereocenters. The highest BCUT2D eigenvalue weighted by molar-refractivity contribution is 7.99. The second-order valence-corrected chi connectivity index (χ2v) is 8.19. The average molecular weight is 424 g/mol. The molecule has 2 heterocycles. The Hall–Kier alpha value is -1.60. The van der Waals surface area contributed by atoms with Crippen molar-refractivity contribution in [2.75, 3.05) is 5.75 Å². The lowest BCUT2D eigenvalue weighted by molar-refractivity contribution is 0.256. The Bertz CT molecular complexity index is 983. The highest BCUT2D eigenvalue weighted by Gasteiger charge is 2.60. The van der Waals surface area contributed by atoms with E-state index in [0.29, 0.717) is 16.6 Å². The predicted octanol–water partition coefficient (Wildman–Crippen LogP) is 5.50. The largest absolute Gasteiger partial charge is 0.354 e. The molecule has 27 heavy (non-hydrogen) atoms. The van der Waals surface area contributed by atoms with Gasteiger partial charge in [-0.2, -0.15) is 5.10 Å². The zero-order valence-corrected chi connectivity index (χ0v) is 16.7. The fourth-order valence-corrected chi connectivity index (χ4v) is 4.27. The summed E-state index contributed by atoms with van der Waals surface area (Å²) in [5.74, 6) is 0.552. The van der Waals surface area contributed by atoms with Gasteiger partial charge >= 0.3 is 0 Å². The average Bonchev–Trinajstić information content (AvgIpc) is 3.21. The van der Waals surface area contributed by atoms with Gasteiger partial charge in [0.1, 0.15) is 23.8 Å². The standard InChI is InChI=1S/C19H16Cl2FN3OS/c1-2-27-18-23-11-24-25(18)10-19(12-5-3-6-13(22)9-12)17(26-19)14-7-4-8-15(20)16(14)21/h3-9,11,17H,2,10H2,1H3. The Morgan fingerprint density at radius 2 is 2.07 bits per heavy atom.